The topological polar surface area (TPSA) is 76.7 Å². The summed E-state index contributed by atoms with van der Waals surface area (Å²) in [7, 11) is 3.02. The number of carbonyl (C=O) groups excluding carboxylic acids is 2. The van der Waals surface area contributed by atoms with Crippen molar-refractivity contribution in [2.75, 3.05) is 26.1 Å². The van der Waals surface area contributed by atoms with Crippen molar-refractivity contribution in [3.8, 4) is 11.5 Å². The molecule has 0 unspecified atom stereocenters. The van der Waals surface area contributed by atoms with Gasteiger partial charge in [0.15, 0.2) is 29.0 Å². The number of ether oxygens (including phenoxy) is 2. The number of rotatable bonds is 8. The first kappa shape index (κ1) is 21.1. The molecule has 2 amide bonds. The van der Waals surface area contributed by atoms with Gasteiger partial charge < -0.3 is 20.1 Å². The molecule has 0 fully saturated rings. The van der Waals surface area contributed by atoms with Crippen LogP contribution in [-0.2, 0) is 16.0 Å². The largest absolute Gasteiger partial charge is 0.493 e. The van der Waals surface area contributed by atoms with Gasteiger partial charge in [0.25, 0.3) is 0 Å². The van der Waals surface area contributed by atoms with Crippen molar-refractivity contribution in [2.45, 2.75) is 12.8 Å². The third-order valence-electron chi connectivity index (χ3n) is 3.84. The maximum absolute atomic E-state index is 13.5. The molecule has 0 spiro atoms. The van der Waals surface area contributed by atoms with E-state index in [2.05, 4.69) is 10.6 Å². The van der Waals surface area contributed by atoms with Gasteiger partial charge in [0.05, 0.1) is 26.5 Å². The summed E-state index contributed by atoms with van der Waals surface area (Å²) in [4.78, 5) is 23.6. The first-order valence-corrected chi connectivity index (χ1v) is 8.26. The number of methoxy groups -OCH3 is 2. The average molecular weight is 396 g/mol. The fraction of sp³-hybridized carbons (Fsp3) is 0.263. The van der Waals surface area contributed by atoms with Crippen LogP contribution in [0.1, 0.15) is 12.0 Å². The maximum Gasteiger partial charge on any atom is 0.243 e. The van der Waals surface area contributed by atoms with E-state index in [1.807, 2.05) is 0 Å². The van der Waals surface area contributed by atoms with Crippen LogP contribution in [-0.4, -0.2) is 32.6 Å². The Labute approximate surface area is 159 Å². The Balaban J connectivity index is 1.82. The molecule has 0 aromatic heterocycles. The molecule has 6 nitrogen and oxygen atoms in total. The molecule has 0 aliphatic heterocycles. The predicted molar refractivity (Wildman–Crippen MR) is 95.8 cm³/mol. The Morgan fingerprint density at radius 3 is 2.32 bits per heavy atom. The van der Waals surface area contributed by atoms with Crippen molar-refractivity contribution >= 4 is 17.5 Å². The Kier molecular flexibility index (Phi) is 7.25. The van der Waals surface area contributed by atoms with Crippen LogP contribution in [0.4, 0.5) is 18.9 Å². The molecule has 0 bridgehead atoms. The molecule has 0 aliphatic carbocycles. The van der Waals surface area contributed by atoms with E-state index in [-0.39, 0.29) is 6.42 Å². The number of aryl methyl sites for hydroxylation is 1. The van der Waals surface area contributed by atoms with E-state index < -0.39 is 41.5 Å². The van der Waals surface area contributed by atoms with Crippen LogP contribution in [0.25, 0.3) is 0 Å². The molecular formula is C19H19F3N2O4. The second-order valence-electron chi connectivity index (χ2n) is 5.74. The van der Waals surface area contributed by atoms with Crippen LogP contribution >= 0.6 is 0 Å². The minimum absolute atomic E-state index is 0.0995. The number of nitrogens with one attached hydrogen (secondary N) is 2. The highest BCUT2D eigenvalue weighted by molar-refractivity contribution is 5.94. The number of benzene rings is 2. The van der Waals surface area contributed by atoms with Gasteiger partial charge in [-0.3, -0.25) is 9.59 Å². The van der Waals surface area contributed by atoms with Crippen molar-refractivity contribution in [1.29, 1.82) is 0 Å². The number of amides is 2. The van der Waals surface area contributed by atoms with Gasteiger partial charge in [0.1, 0.15) is 0 Å². The summed E-state index contributed by atoms with van der Waals surface area (Å²) < 4.78 is 49.8. The Bertz CT molecular complexity index is 874. The Hall–Kier alpha value is -3.23. The highest BCUT2D eigenvalue weighted by atomic mass is 19.2. The lowest BCUT2D eigenvalue weighted by Crippen LogP contribution is -2.33. The first-order valence-electron chi connectivity index (χ1n) is 8.26. The van der Waals surface area contributed by atoms with E-state index in [1.54, 1.807) is 18.2 Å². The van der Waals surface area contributed by atoms with E-state index in [1.165, 1.54) is 14.2 Å². The van der Waals surface area contributed by atoms with E-state index >= 15 is 0 Å². The zero-order valence-corrected chi connectivity index (χ0v) is 15.3. The van der Waals surface area contributed by atoms with Crippen LogP contribution in [0.5, 0.6) is 11.5 Å². The van der Waals surface area contributed by atoms with Crippen LogP contribution in [0.3, 0.4) is 0 Å². The summed E-state index contributed by atoms with van der Waals surface area (Å²) in [6.45, 7) is -0.441. The lowest BCUT2D eigenvalue weighted by atomic mass is 10.1. The fourth-order valence-electron chi connectivity index (χ4n) is 2.38. The van der Waals surface area contributed by atoms with Gasteiger partial charge in [-0.15, -0.1) is 0 Å². The normalized spacial score (nSPS) is 10.3. The number of hydrogen-bond acceptors (Lipinski definition) is 4. The average Bonchev–Trinajstić information content (AvgIpc) is 2.70. The summed E-state index contributed by atoms with van der Waals surface area (Å²) in [5.74, 6) is -4.63. The minimum Gasteiger partial charge on any atom is -0.493 e. The summed E-state index contributed by atoms with van der Waals surface area (Å²) in [6.07, 6.45) is 0.494. The van der Waals surface area contributed by atoms with Crippen molar-refractivity contribution in [3.05, 3.63) is 53.3 Å². The van der Waals surface area contributed by atoms with Crippen LogP contribution in [0.2, 0.25) is 0 Å². The van der Waals surface area contributed by atoms with E-state index in [9.17, 15) is 22.8 Å². The van der Waals surface area contributed by atoms with Gasteiger partial charge in [0, 0.05) is 6.42 Å². The second-order valence-corrected chi connectivity index (χ2v) is 5.74. The Morgan fingerprint density at radius 2 is 1.64 bits per heavy atom. The van der Waals surface area contributed by atoms with Crippen LogP contribution < -0.4 is 20.1 Å². The van der Waals surface area contributed by atoms with Crippen LogP contribution in [0.15, 0.2) is 30.3 Å². The molecule has 0 aliphatic rings. The zero-order chi connectivity index (χ0) is 20.7. The van der Waals surface area contributed by atoms with Gasteiger partial charge in [0.2, 0.25) is 11.8 Å². The summed E-state index contributed by atoms with van der Waals surface area (Å²) in [5, 5.41) is 4.44. The number of carbonyl (C=O) groups is 2. The van der Waals surface area contributed by atoms with Crippen LogP contribution in [0, 0.1) is 17.5 Å². The molecule has 2 aromatic rings. The molecule has 0 atom stereocenters. The zero-order valence-electron chi connectivity index (χ0n) is 15.3. The predicted octanol–water partition coefficient (Wildman–Crippen LogP) is 2.81. The molecule has 0 heterocycles. The van der Waals surface area contributed by atoms with Gasteiger partial charge >= 0.3 is 0 Å². The van der Waals surface area contributed by atoms with Crippen molar-refractivity contribution in [3.63, 3.8) is 0 Å². The van der Waals surface area contributed by atoms with E-state index in [0.29, 0.717) is 24.0 Å². The lowest BCUT2D eigenvalue weighted by molar-refractivity contribution is -0.124. The lowest BCUT2D eigenvalue weighted by Gasteiger charge is -2.10. The summed E-state index contributed by atoms with van der Waals surface area (Å²) in [5.41, 5.74) is 0.324. The number of anilines is 1. The third-order valence-corrected chi connectivity index (χ3v) is 3.84. The fourth-order valence-corrected chi connectivity index (χ4v) is 2.38. The second kappa shape index (κ2) is 9.63. The molecule has 28 heavy (non-hydrogen) atoms. The highest BCUT2D eigenvalue weighted by Crippen LogP contribution is 2.27. The summed E-state index contributed by atoms with van der Waals surface area (Å²) >= 11 is 0. The molecule has 2 N–H and O–H groups in total. The first-order chi connectivity index (χ1) is 13.3. The molecular weight excluding hydrogens is 377 g/mol. The quantitative estimate of drug-likeness (QED) is 0.673. The molecule has 2 aromatic carbocycles. The molecule has 0 saturated heterocycles. The molecule has 9 heteroatoms. The van der Waals surface area contributed by atoms with Crippen molar-refractivity contribution in [1.82, 2.24) is 5.32 Å². The molecule has 2 rings (SSSR count). The Morgan fingerprint density at radius 1 is 0.929 bits per heavy atom. The monoisotopic (exact) mass is 396 g/mol. The van der Waals surface area contributed by atoms with Gasteiger partial charge in [-0.25, -0.2) is 13.2 Å². The minimum atomic E-state index is -1.68. The van der Waals surface area contributed by atoms with Gasteiger partial charge in [-0.1, -0.05) is 6.07 Å². The maximum atomic E-state index is 13.5. The molecule has 150 valence electrons. The van der Waals surface area contributed by atoms with Crippen molar-refractivity contribution < 1.29 is 32.2 Å². The van der Waals surface area contributed by atoms with Crippen molar-refractivity contribution in [2.24, 2.45) is 0 Å². The van der Waals surface area contributed by atoms with Gasteiger partial charge in [-0.05, 0) is 36.2 Å². The third kappa shape index (κ3) is 5.38. The standard InChI is InChI=1S/C19H19F3N2O4/c1-27-14-7-3-11(9-15(14)28-2)4-8-16(25)23-10-17(26)24-13-6-5-12(20)18(21)19(13)22/h3,5-7,9H,4,8,10H2,1-2H3,(H,23,25)(H,24,26). The number of halogens is 3. The summed E-state index contributed by atoms with van der Waals surface area (Å²) in [6, 6.07) is 6.83. The SMILES string of the molecule is COc1ccc(CCC(=O)NCC(=O)Nc2ccc(F)c(F)c2F)cc1OC. The van der Waals surface area contributed by atoms with E-state index in [4.69, 9.17) is 9.47 Å². The smallest absolute Gasteiger partial charge is 0.243 e. The van der Waals surface area contributed by atoms with E-state index in [0.717, 1.165) is 11.6 Å². The van der Waals surface area contributed by atoms with Gasteiger partial charge in [-0.2, -0.15) is 0 Å². The number of hydrogen-bond donors (Lipinski definition) is 2. The molecule has 0 radical (unpaired) electrons. The highest BCUT2D eigenvalue weighted by Gasteiger charge is 2.15. The molecule has 0 saturated carbocycles.